The number of para-hydroxylation sites is 1. The van der Waals surface area contributed by atoms with E-state index in [1.165, 1.54) is 33.0 Å². The quantitative estimate of drug-likeness (QED) is 0.399. The Labute approximate surface area is 169 Å². The highest BCUT2D eigenvalue weighted by Crippen LogP contribution is 2.37. The first-order valence-corrected chi connectivity index (χ1v) is 10.1. The zero-order chi connectivity index (χ0) is 19.8. The molecule has 0 aliphatic carbocycles. The van der Waals surface area contributed by atoms with Gasteiger partial charge >= 0.3 is 0 Å². The van der Waals surface area contributed by atoms with Crippen LogP contribution in [0.25, 0.3) is 38.9 Å². The minimum Gasteiger partial charge on any atom is -0.278 e. The smallest absolute Gasteiger partial charge is 0.237 e. The summed E-state index contributed by atoms with van der Waals surface area (Å²) >= 11 is 0. The van der Waals surface area contributed by atoms with Gasteiger partial charge in [0.25, 0.3) is 0 Å². The molecule has 0 fully saturated rings. The van der Waals surface area contributed by atoms with E-state index in [1.54, 1.807) is 12.7 Å². The van der Waals surface area contributed by atoms with Gasteiger partial charge in [-0.1, -0.05) is 56.3 Å². The number of benzene rings is 3. The Morgan fingerprint density at radius 1 is 0.690 bits per heavy atom. The monoisotopic (exact) mass is 378 g/mol. The number of aryl methyl sites for hydroxylation is 2. The highest BCUT2D eigenvalue weighted by Gasteiger charge is 2.17. The van der Waals surface area contributed by atoms with E-state index in [-0.39, 0.29) is 0 Å². The summed E-state index contributed by atoms with van der Waals surface area (Å²) in [5.41, 5.74) is 7.59. The lowest BCUT2D eigenvalue weighted by Gasteiger charge is -2.14. The molecule has 4 nitrogen and oxygen atoms in total. The summed E-state index contributed by atoms with van der Waals surface area (Å²) in [4.78, 5) is 12.8. The van der Waals surface area contributed by atoms with Gasteiger partial charge in [0, 0.05) is 10.8 Å². The molecule has 0 aliphatic rings. The summed E-state index contributed by atoms with van der Waals surface area (Å²) in [5.74, 6) is 0.648. The molecule has 5 rings (SSSR count). The molecule has 3 aromatic carbocycles. The van der Waals surface area contributed by atoms with Crippen LogP contribution in [0.2, 0.25) is 0 Å². The van der Waals surface area contributed by atoms with Gasteiger partial charge in [0.2, 0.25) is 5.95 Å². The first-order chi connectivity index (χ1) is 14.3. The number of fused-ring (bicyclic) bond motifs is 3. The Morgan fingerprint density at radius 2 is 1.41 bits per heavy atom. The number of hydrogen-bond donors (Lipinski definition) is 0. The van der Waals surface area contributed by atoms with Crippen molar-refractivity contribution in [3.05, 3.63) is 84.4 Å². The van der Waals surface area contributed by atoms with Gasteiger partial charge in [-0.05, 0) is 53.3 Å². The molecule has 0 spiro atoms. The Balaban J connectivity index is 1.90. The van der Waals surface area contributed by atoms with Crippen molar-refractivity contribution in [3.63, 3.8) is 0 Å². The largest absolute Gasteiger partial charge is 0.278 e. The van der Waals surface area contributed by atoms with E-state index in [0.717, 1.165) is 23.9 Å². The maximum atomic E-state index is 4.43. The molecule has 2 heterocycles. The third-order valence-corrected chi connectivity index (χ3v) is 5.65. The van der Waals surface area contributed by atoms with Crippen LogP contribution in [-0.2, 0) is 12.8 Å². The molecule has 0 atom stereocenters. The average Bonchev–Trinajstić information content (AvgIpc) is 3.12. The highest BCUT2D eigenvalue weighted by atomic mass is 15.2. The zero-order valence-corrected chi connectivity index (χ0v) is 16.6. The number of hydrogen-bond acceptors (Lipinski definition) is 3. The molecule has 0 aliphatic heterocycles. The third-order valence-electron chi connectivity index (χ3n) is 5.65. The van der Waals surface area contributed by atoms with E-state index in [9.17, 15) is 0 Å². The molecule has 0 radical (unpaired) electrons. The van der Waals surface area contributed by atoms with Gasteiger partial charge < -0.3 is 0 Å². The van der Waals surface area contributed by atoms with Crippen molar-refractivity contribution < 1.29 is 0 Å². The van der Waals surface area contributed by atoms with Crippen molar-refractivity contribution in [2.24, 2.45) is 0 Å². The van der Waals surface area contributed by atoms with Crippen LogP contribution < -0.4 is 0 Å². The second-order valence-corrected chi connectivity index (χ2v) is 7.18. The molecule has 0 unspecified atom stereocenters. The first kappa shape index (κ1) is 17.6. The van der Waals surface area contributed by atoms with Crippen LogP contribution in [-0.4, -0.2) is 19.5 Å². The van der Waals surface area contributed by atoms with Crippen molar-refractivity contribution in [3.8, 4) is 17.1 Å². The fourth-order valence-electron chi connectivity index (χ4n) is 4.26. The zero-order valence-electron chi connectivity index (χ0n) is 16.6. The second-order valence-electron chi connectivity index (χ2n) is 7.18. The predicted molar refractivity (Wildman–Crippen MR) is 118 cm³/mol. The summed E-state index contributed by atoms with van der Waals surface area (Å²) in [6.45, 7) is 4.44. The molecule has 29 heavy (non-hydrogen) atoms. The Morgan fingerprint density at radius 3 is 2.21 bits per heavy atom. The number of nitrogens with zero attached hydrogens (tertiary/aromatic N) is 4. The normalized spacial score (nSPS) is 11.4. The summed E-state index contributed by atoms with van der Waals surface area (Å²) in [7, 11) is 0. The van der Waals surface area contributed by atoms with E-state index < -0.39 is 0 Å². The van der Waals surface area contributed by atoms with Gasteiger partial charge in [-0.3, -0.25) is 4.57 Å². The van der Waals surface area contributed by atoms with Crippen molar-refractivity contribution >= 4 is 21.8 Å². The number of aromatic nitrogens is 4. The van der Waals surface area contributed by atoms with Gasteiger partial charge in [-0.25, -0.2) is 15.0 Å². The summed E-state index contributed by atoms with van der Waals surface area (Å²) < 4.78 is 2.14. The molecular weight excluding hydrogens is 356 g/mol. The maximum Gasteiger partial charge on any atom is 0.237 e. The van der Waals surface area contributed by atoms with Crippen LogP contribution in [0.4, 0.5) is 0 Å². The van der Waals surface area contributed by atoms with Gasteiger partial charge in [0.1, 0.15) is 12.7 Å². The molecule has 0 N–H and O–H groups in total. The molecule has 142 valence electrons. The number of rotatable bonds is 4. The lowest BCUT2D eigenvalue weighted by molar-refractivity contribution is 0.938. The van der Waals surface area contributed by atoms with Crippen molar-refractivity contribution in [1.82, 2.24) is 19.5 Å². The molecule has 0 saturated carbocycles. The Kier molecular flexibility index (Phi) is 4.32. The third kappa shape index (κ3) is 2.80. The Hall–Kier alpha value is -3.53. The first-order valence-electron chi connectivity index (χ1n) is 10.1. The SMILES string of the molecule is CCc1ccccc1-c1cc2c3ccccc3n(-c3ncncn3)c2cc1CC. The topological polar surface area (TPSA) is 43.6 Å². The van der Waals surface area contributed by atoms with Crippen LogP contribution in [0.1, 0.15) is 25.0 Å². The van der Waals surface area contributed by atoms with Gasteiger partial charge in [0.15, 0.2) is 0 Å². The minimum atomic E-state index is 0.648. The molecule has 5 aromatic rings. The molecule has 0 amide bonds. The average molecular weight is 378 g/mol. The molecule has 4 heteroatoms. The summed E-state index contributed by atoms with van der Waals surface area (Å²) in [5, 5.41) is 2.43. The summed E-state index contributed by atoms with van der Waals surface area (Å²) in [6.07, 6.45) is 5.08. The highest BCUT2D eigenvalue weighted by molar-refractivity contribution is 6.10. The fraction of sp³-hybridized carbons (Fsp3) is 0.160. The lowest BCUT2D eigenvalue weighted by atomic mass is 9.91. The van der Waals surface area contributed by atoms with Gasteiger partial charge in [-0.2, -0.15) is 0 Å². The van der Waals surface area contributed by atoms with Crippen molar-refractivity contribution in [2.75, 3.05) is 0 Å². The van der Waals surface area contributed by atoms with Crippen LogP contribution in [0.15, 0.2) is 73.3 Å². The van der Waals surface area contributed by atoms with Gasteiger partial charge in [0.05, 0.1) is 11.0 Å². The van der Waals surface area contributed by atoms with Crippen LogP contribution >= 0.6 is 0 Å². The standard InChI is InChI=1S/C25H22N4/c1-3-17-9-5-6-10-19(17)21-14-22-20-11-7-8-12-23(20)29(24(22)13-18(21)4-2)25-27-15-26-16-28-25/h5-16H,3-4H2,1-2H3. The second kappa shape index (κ2) is 7.13. The minimum absolute atomic E-state index is 0.648. The van der Waals surface area contributed by atoms with Crippen LogP contribution in [0.3, 0.4) is 0 Å². The maximum absolute atomic E-state index is 4.43. The fourth-order valence-corrected chi connectivity index (χ4v) is 4.26. The molecule has 0 bridgehead atoms. The Bertz CT molecular complexity index is 1320. The molecule has 2 aromatic heterocycles. The lowest BCUT2D eigenvalue weighted by Crippen LogP contribution is -2.01. The van der Waals surface area contributed by atoms with E-state index >= 15 is 0 Å². The van der Waals surface area contributed by atoms with Crippen LogP contribution in [0.5, 0.6) is 0 Å². The van der Waals surface area contributed by atoms with Crippen LogP contribution in [0, 0.1) is 0 Å². The molecule has 0 saturated heterocycles. The predicted octanol–water partition coefficient (Wildman–Crippen LogP) is 5.76. The van der Waals surface area contributed by atoms with E-state index in [4.69, 9.17) is 0 Å². The van der Waals surface area contributed by atoms with E-state index in [2.05, 4.69) is 94.0 Å². The van der Waals surface area contributed by atoms with E-state index in [1.807, 2.05) is 0 Å². The van der Waals surface area contributed by atoms with Crippen molar-refractivity contribution in [2.45, 2.75) is 26.7 Å². The molecular formula is C25H22N4. The van der Waals surface area contributed by atoms with Gasteiger partial charge in [-0.15, -0.1) is 0 Å². The van der Waals surface area contributed by atoms with Crippen molar-refractivity contribution in [1.29, 1.82) is 0 Å². The summed E-state index contributed by atoms with van der Waals surface area (Å²) in [6, 6.07) is 21.8. The van der Waals surface area contributed by atoms with E-state index in [0.29, 0.717) is 5.95 Å².